The molecule has 0 radical (unpaired) electrons. The van der Waals surface area contributed by atoms with Gasteiger partial charge in [-0.3, -0.25) is 0 Å². The number of fused-ring (bicyclic) bond motifs is 8. The van der Waals surface area contributed by atoms with Gasteiger partial charge in [-0.05, 0) is 0 Å². The molecule has 2 aromatic rings. The van der Waals surface area contributed by atoms with E-state index in [4.69, 9.17) is 2.72 Å². The molecule has 15 heavy (non-hydrogen) atoms. The Morgan fingerprint density at radius 3 is 1.27 bits per heavy atom. The van der Waals surface area contributed by atoms with E-state index >= 15 is 0 Å². The zero-order valence-corrected chi connectivity index (χ0v) is 11.7. The van der Waals surface area contributed by atoms with Crippen LogP contribution in [0.4, 0.5) is 0 Å². The molecule has 0 saturated carbocycles. The Hall–Kier alpha value is -0.483. The van der Waals surface area contributed by atoms with Gasteiger partial charge in [-0.25, -0.2) is 0 Å². The molecule has 2 bridgehead atoms. The summed E-state index contributed by atoms with van der Waals surface area (Å²) >= 11 is -2.58. The van der Waals surface area contributed by atoms with Crippen LogP contribution in [-0.4, -0.2) is 30.0 Å². The minimum atomic E-state index is -1.29. The van der Waals surface area contributed by atoms with Gasteiger partial charge < -0.3 is 0 Å². The topological polar surface area (TPSA) is 9.23 Å². The van der Waals surface area contributed by atoms with E-state index in [1.54, 1.807) is 17.4 Å². The Morgan fingerprint density at radius 1 is 0.600 bits per heavy atom. The molecule has 4 rings (SSSR count). The van der Waals surface area contributed by atoms with Crippen molar-refractivity contribution in [2.75, 3.05) is 0 Å². The Morgan fingerprint density at radius 2 is 0.933 bits per heavy atom. The van der Waals surface area contributed by atoms with E-state index < -0.39 is 30.0 Å². The first kappa shape index (κ1) is 8.64. The molecule has 0 saturated heterocycles. The summed E-state index contributed by atoms with van der Waals surface area (Å²) in [6.45, 7) is 0. The van der Waals surface area contributed by atoms with Crippen molar-refractivity contribution in [2.45, 2.75) is 0 Å². The average Bonchev–Trinajstić information content (AvgIpc) is 2.86. The maximum atomic E-state index is 6.30. The first-order valence-corrected chi connectivity index (χ1v) is 10.2. The zero-order chi connectivity index (χ0) is 9.83. The van der Waals surface area contributed by atoms with Crippen LogP contribution in [0.2, 0.25) is 0 Å². The predicted octanol–water partition coefficient (Wildman–Crippen LogP) is -0.758. The number of rotatable bonds is 0. The van der Waals surface area contributed by atoms with Crippen molar-refractivity contribution in [3.8, 4) is 0 Å². The van der Waals surface area contributed by atoms with Gasteiger partial charge in [-0.2, -0.15) is 0 Å². The summed E-state index contributed by atoms with van der Waals surface area (Å²) in [6, 6.07) is 17.7. The third-order valence-corrected chi connectivity index (χ3v) is 15.7. The van der Waals surface area contributed by atoms with Crippen LogP contribution in [0.3, 0.4) is 0 Å². The molecule has 0 N–H and O–H groups in total. The van der Waals surface area contributed by atoms with Gasteiger partial charge >= 0.3 is 98.6 Å². The van der Waals surface area contributed by atoms with E-state index in [0.29, 0.717) is 0 Å². The Labute approximate surface area is 98.3 Å². The van der Waals surface area contributed by atoms with Crippen molar-refractivity contribution in [1.82, 2.24) is 0 Å². The van der Waals surface area contributed by atoms with Gasteiger partial charge in [0.25, 0.3) is 0 Å². The van der Waals surface area contributed by atoms with Crippen LogP contribution in [0, 0.1) is 0 Å². The predicted molar refractivity (Wildman–Crippen MR) is 64.0 cm³/mol. The van der Waals surface area contributed by atoms with Crippen LogP contribution in [-0.2, 0) is 2.72 Å². The molecule has 0 atom stereocenters. The Kier molecular flexibility index (Phi) is 1.74. The summed E-state index contributed by atoms with van der Waals surface area (Å²) < 4.78 is 12.5. The fraction of sp³-hybridized carbons (Fsp3) is 0. The molecule has 2 aromatic carbocycles. The van der Waals surface area contributed by atoms with Gasteiger partial charge in [-0.1, -0.05) is 0 Å². The quantitative estimate of drug-likeness (QED) is 0.581. The van der Waals surface area contributed by atoms with Crippen LogP contribution in [0.1, 0.15) is 0 Å². The molecule has 2 heterocycles. The van der Waals surface area contributed by atoms with Crippen molar-refractivity contribution >= 4 is 47.4 Å². The molecule has 0 unspecified atom stereocenters. The molecular formula is C12H8As2O. The minimum absolute atomic E-state index is 1.29. The molecule has 2 aliphatic heterocycles. The molecular weight excluding hydrogens is 310 g/mol. The van der Waals surface area contributed by atoms with Gasteiger partial charge in [0.05, 0.1) is 0 Å². The van der Waals surface area contributed by atoms with E-state index in [0.717, 1.165) is 0 Å². The van der Waals surface area contributed by atoms with Gasteiger partial charge in [0.1, 0.15) is 0 Å². The second kappa shape index (κ2) is 3.01. The summed E-state index contributed by atoms with van der Waals surface area (Å²) in [5.41, 5.74) is 0. The molecule has 0 aromatic heterocycles. The molecule has 0 spiro atoms. The van der Waals surface area contributed by atoms with Crippen LogP contribution in [0.5, 0.6) is 0 Å². The second-order valence-electron chi connectivity index (χ2n) is 3.65. The van der Waals surface area contributed by atoms with Gasteiger partial charge in [0.15, 0.2) is 0 Å². The standard InChI is InChI=1S/C12H8As2O/c1-2-6-10-9(5-1)13-11-7-3-4-8-12(11)14(10)15-13/h1-8H. The summed E-state index contributed by atoms with van der Waals surface area (Å²) in [6.07, 6.45) is 0. The molecule has 72 valence electrons. The SMILES string of the molecule is c1ccc2c(c1)[As]1O[As]2c2ccccc21. The van der Waals surface area contributed by atoms with E-state index in [-0.39, 0.29) is 0 Å². The second-order valence-corrected chi connectivity index (χ2v) is 12.3. The van der Waals surface area contributed by atoms with E-state index in [1.807, 2.05) is 0 Å². The van der Waals surface area contributed by atoms with Gasteiger partial charge in [0.2, 0.25) is 0 Å². The van der Waals surface area contributed by atoms with Gasteiger partial charge in [0, 0.05) is 0 Å². The number of hydrogen-bond acceptors (Lipinski definition) is 1. The maximum absolute atomic E-state index is 6.30. The van der Waals surface area contributed by atoms with Crippen LogP contribution in [0.25, 0.3) is 0 Å². The molecule has 1 nitrogen and oxygen atoms in total. The zero-order valence-electron chi connectivity index (χ0n) is 7.92. The number of hydrogen-bond donors (Lipinski definition) is 0. The monoisotopic (exact) mass is 318 g/mol. The van der Waals surface area contributed by atoms with Crippen molar-refractivity contribution in [1.29, 1.82) is 0 Å². The van der Waals surface area contributed by atoms with Crippen LogP contribution >= 0.6 is 0 Å². The Bertz CT molecular complexity index is 457. The average molecular weight is 318 g/mol. The Balaban J connectivity index is 2.02. The number of benzene rings is 2. The molecule has 0 fully saturated rings. The van der Waals surface area contributed by atoms with Crippen molar-refractivity contribution < 1.29 is 2.72 Å². The molecule has 0 aliphatic carbocycles. The summed E-state index contributed by atoms with van der Waals surface area (Å²) in [5, 5.41) is 0. The third-order valence-electron chi connectivity index (χ3n) is 2.80. The third kappa shape index (κ3) is 1.04. The summed E-state index contributed by atoms with van der Waals surface area (Å²) in [7, 11) is 0. The molecule has 2 aliphatic rings. The van der Waals surface area contributed by atoms with Crippen molar-refractivity contribution in [2.24, 2.45) is 0 Å². The summed E-state index contributed by atoms with van der Waals surface area (Å²) in [5.74, 6) is 0. The van der Waals surface area contributed by atoms with Crippen molar-refractivity contribution in [3.05, 3.63) is 48.5 Å². The van der Waals surface area contributed by atoms with E-state index in [2.05, 4.69) is 48.5 Å². The fourth-order valence-electron chi connectivity index (χ4n) is 2.13. The molecule has 3 heteroatoms. The first-order valence-electron chi connectivity index (χ1n) is 4.91. The van der Waals surface area contributed by atoms with Crippen molar-refractivity contribution in [3.63, 3.8) is 0 Å². The summed E-state index contributed by atoms with van der Waals surface area (Å²) in [4.78, 5) is 0. The van der Waals surface area contributed by atoms with E-state index in [1.165, 1.54) is 0 Å². The van der Waals surface area contributed by atoms with Crippen LogP contribution in [0.15, 0.2) is 48.5 Å². The van der Waals surface area contributed by atoms with Gasteiger partial charge in [-0.15, -0.1) is 0 Å². The van der Waals surface area contributed by atoms with Crippen LogP contribution < -0.4 is 17.4 Å². The first-order chi connectivity index (χ1) is 7.45. The normalized spacial score (nSPS) is 25.1. The fourth-order valence-corrected chi connectivity index (χ4v) is 18.1. The molecule has 0 amide bonds. The van der Waals surface area contributed by atoms with E-state index in [9.17, 15) is 0 Å².